The Morgan fingerprint density at radius 1 is 0.600 bits per heavy atom. The van der Waals surface area contributed by atoms with E-state index in [9.17, 15) is 4.79 Å². The standard InChI is InChI=1S/C30H61NO4/c1-4-6-8-10-12-14-16-18-20-23-29(24-21-19-17-15-13-11-9-7-5-2)35-30(32)31-25-22-26-34-28-27-33-3/h29H,4-28H2,1-3H3,(H,31,32). The van der Waals surface area contributed by atoms with E-state index in [4.69, 9.17) is 14.2 Å². The SMILES string of the molecule is CCCCCCCCCCCC(CCCCCCCCCCC)OC(=O)NCCCOCCOC. The molecule has 0 aliphatic carbocycles. The third-order valence-corrected chi connectivity index (χ3v) is 6.70. The Labute approximate surface area is 218 Å². The normalized spacial score (nSPS) is 11.3. The summed E-state index contributed by atoms with van der Waals surface area (Å²) in [4.78, 5) is 12.3. The molecule has 0 aliphatic heterocycles. The zero-order valence-corrected chi connectivity index (χ0v) is 23.9. The number of unbranched alkanes of at least 4 members (excludes halogenated alkanes) is 16. The first-order valence-corrected chi connectivity index (χ1v) is 15.3. The van der Waals surface area contributed by atoms with Crippen LogP contribution in [0.15, 0.2) is 0 Å². The van der Waals surface area contributed by atoms with Crippen molar-refractivity contribution in [3.05, 3.63) is 0 Å². The number of ether oxygens (including phenoxy) is 3. The summed E-state index contributed by atoms with van der Waals surface area (Å²) < 4.78 is 16.2. The molecule has 35 heavy (non-hydrogen) atoms. The molecular formula is C30H61NO4. The van der Waals surface area contributed by atoms with E-state index in [-0.39, 0.29) is 12.2 Å². The van der Waals surface area contributed by atoms with Crippen LogP contribution in [0.4, 0.5) is 4.79 Å². The fraction of sp³-hybridized carbons (Fsp3) is 0.967. The molecule has 0 bridgehead atoms. The van der Waals surface area contributed by atoms with E-state index in [1.807, 2.05) is 0 Å². The van der Waals surface area contributed by atoms with Crippen LogP contribution in [-0.4, -0.2) is 45.7 Å². The van der Waals surface area contributed by atoms with Crippen molar-refractivity contribution in [3.8, 4) is 0 Å². The van der Waals surface area contributed by atoms with Crippen LogP contribution in [-0.2, 0) is 14.2 Å². The van der Waals surface area contributed by atoms with Crippen molar-refractivity contribution in [2.45, 2.75) is 155 Å². The summed E-state index contributed by atoms with van der Waals surface area (Å²) in [6, 6.07) is 0. The molecule has 0 saturated heterocycles. The third-order valence-electron chi connectivity index (χ3n) is 6.70. The second-order valence-electron chi connectivity index (χ2n) is 10.1. The molecule has 0 aromatic heterocycles. The number of alkyl carbamates (subject to hydrolysis) is 1. The Balaban J connectivity index is 4.03. The van der Waals surface area contributed by atoms with Crippen LogP contribution >= 0.6 is 0 Å². The molecule has 0 fully saturated rings. The van der Waals surface area contributed by atoms with Gasteiger partial charge in [0, 0.05) is 20.3 Å². The molecule has 1 amide bonds. The Morgan fingerprint density at radius 3 is 1.51 bits per heavy atom. The van der Waals surface area contributed by atoms with Gasteiger partial charge in [0.25, 0.3) is 0 Å². The van der Waals surface area contributed by atoms with Gasteiger partial charge >= 0.3 is 6.09 Å². The Morgan fingerprint density at radius 2 is 1.06 bits per heavy atom. The van der Waals surface area contributed by atoms with Crippen molar-refractivity contribution in [2.75, 3.05) is 33.5 Å². The fourth-order valence-corrected chi connectivity index (χ4v) is 4.43. The number of hydrogen-bond donors (Lipinski definition) is 1. The lowest BCUT2D eigenvalue weighted by Crippen LogP contribution is -2.30. The van der Waals surface area contributed by atoms with Gasteiger partial charge in [-0.2, -0.15) is 0 Å². The lowest BCUT2D eigenvalue weighted by molar-refractivity contribution is 0.0670. The van der Waals surface area contributed by atoms with Gasteiger partial charge in [-0.25, -0.2) is 4.79 Å². The van der Waals surface area contributed by atoms with Gasteiger partial charge < -0.3 is 19.5 Å². The summed E-state index contributed by atoms with van der Waals surface area (Å²) in [6.07, 6.45) is 26.4. The maximum atomic E-state index is 12.3. The Bertz CT molecular complexity index is 397. The van der Waals surface area contributed by atoms with Crippen LogP contribution in [0.2, 0.25) is 0 Å². The lowest BCUT2D eigenvalue weighted by atomic mass is 10.0. The average molecular weight is 500 g/mol. The molecule has 5 heteroatoms. The van der Waals surface area contributed by atoms with Crippen LogP contribution in [0.25, 0.3) is 0 Å². The van der Waals surface area contributed by atoms with Crippen LogP contribution in [0.1, 0.15) is 149 Å². The number of carbonyl (C=O) groups excluding carboxylic acids is 1. The van der Waals surface area contributed by atoms with Crippen LogP contribution < -0.4 is 5.32 Å². The second-order valence-corrected chi connectivity index (χ2v) is 10.1. The summed E-state index contributed by atoms with van der Waals surface area (Å²) in [5.41, 5.74) is 0. The van der Waals surface area contributed by atoms with E-state index in [2.05, 4.69) is 19.2 Å². The zero-order valence-electron chi connectivity index (χ0n) is 23.9. The predicted molar refractivity (Wildman–Crippen MR) is 149 cm³/mol. The van der Waals surface area contributed by atoms with Crippen LogP contribution in [0.3, 0.4) is 0 Å². The van der Waals surface area contributed by atoms with Crippen molar-refractivity contribution in [3.63, 3.8) is 0 Å². The Hall–Kier alpha value is -0.810. The molecule has 0 aromatic rings. The molecule has 0 aromatic carbocycles. The molecule has 0 saturated carbocycles. The van der Waals surface area contributed by atoms with E-state index in [0.717, 1.165) is 32.1 Å². The molecule has 5 nitrogen and oxygen atoms in total. The van der Waals surface area contributed by atoms with E-state index < -0.39 is 0 Å². The third kappa shape index (κ3) is 27.6. The minimum absolute atomic E-state index is 0.0575. The van der Waals surface area contributed by atoms with Gasteiger partial charge in [0.05, 0.1) is 13.2 Å². The summed E-state index contributed by atoms with van der Waals surface area (Å²) in [6.45, 7) is 6.96. The smallest absolute Gasteiger partial charge is 0.407 e. The maximum Gasteiger partial charge on any atom is 0.407 e. The highest BCUT2D eigenvalue weighted by atomic mass is 16.6. The van der Waals surface area contributed by atoms with Crippen LogP contribution in [0.5, 0.6) is 0 Å². The lowest BCUT2D eigenvalue weighted by Gasteiger charge is -2.18. The minimum atomic E-state index is -0.265. The van der Waals surface area contributed by atoms with Crippen molar-refractivity contribution in [2.24, 2.45) is 0 Å². The molecule has 0 atom stereocenters. The number of hydrogen-bond acceptors (Lipinski definition) is 4. The molecule has 0 unspecified atom stereocenters. The van der Waals surface area contributed by atoms with Crippen molar-refractivity contribution in [1.29, 1.82) is 0 Å². The Kier molecular flexibility index (Phi) is 28.7. The highest BCUT2D eigenvalue weighted by molar-refractivity contribution is 5.67. The minimum Gasteiger partial charge on any atom is -0.446 e. The summed E-state index contributed by atoms with van der Waals surface area (Å²) >= 11 is 0. The topological polar surface area (TPSA) is 56.8 Å². The van der Waals surface area contributed by atoms with E-state index in [0.29, 0.717) is 26.4 Å². The molecule has 0 radical (unpaired) electrons. The predicted octanol–water partition coefficient (Wildman–Crippen LogP) is 8.98. The fourth-order valence-electron chi connectivity index (χ4n) is 4.43. The van der Waals surface area contributed by atoms with Gasteiger partial charge in [-0.1, -0.05) is 117 Å². The zero-order chi connectivity index (χ0) is 25.7. The summed E-state index contributed by atoms with van der Waals surface area (Å²) in [5.74, 6) is 0. The number of nitrogens with one attached hydrogen (secondary N) is 1. The molecule has 0 spiro atoms. The highest BCUT2D eigenvalue weighted by Gasteiger charge is 2.14. The van der Waals surface area contributed by atoms with Gasteiger partial charge in [0.1, 0.15) is 6.10 Å². The van der Waals surface area contributed by atoms with Gasteiger partial charge in [-0.05, 0) is 32.1 Å². The van der Waals surface area contributed by atoms with Gasteiger partial charge in [0.15, 0.2) is 0 Å². The first-order valence-electron chi connectivity index (χ1n) is 15.3. The molecule has 0 aliphatic rings. The maximum absolute atomic E-state index is 12.3. The number of carbonyl (C=O) groups is 1. The summed E-state index contributed by atoms with van der Waals surface area (Å²) in [7, 11) is 1.67. The quantitative estimate of drug-likeness (QED) is 0.109. The van der Waals surface area contributed by atoms with Crippen LogP contribution in [0, 0.1) is 0 Å². The van der Waals surface area contributed by atoms with E-state index in [1.165, 1.54) is 103 Å². The monoisotopic (exact) mass is 499 g/mol. The van der Waals surface area contributed by atoms with Gasteiger partial charge in [-0.15, -0.1) is 0 Å². The van der Waals surface area contributed by atoms with Gasteiger partial charge in [0.2, 0.25) is 0 Å². The summed E-state index contributed by atoms with van der Waals surface area (Å²) in [5, 5.41) is 2.90. The first-order chi connectivity index (χ1) is 17.2. The number of methoxy groups -OCH3 is 1. The average Bonchev–Trinajstić information content (AvgIpc) is 2.86. The van der Waals surface area contributed by atoms with Gasteiger partial charge in [-0.3, -0.25) is 0 Å². The van der Waals surface area contributed by atoms with Crippen molar-refractivity contribution >= 4 is 6.09 Å². The first kappa shape index (κ1) is 34.2. The van der Waals surface area contributed by atoms with E-state index >= 15 is 0 Å². The molecular weight excluding hydrogens is 438 g/mol. The van der Waals surface area contributed by atoms with E-state index in [1.54, 1.807) is 7.11 Å². The molecule has 1 N–H and O–H groups in total. The second kappa shape index (κ2) is 29.4. The van der Waals surface area contributed by atoms with Crippen molar-refractivity contribution < 1.29 is 19.0 Å². The molecule has 210 valence electrons. The largest absolute Gasteiger partial charge is 0.446 e. The molecule has 0 rings (SSSR count). The number of rotatable bonds is 28. The highest BCUT2D eigenvalue weighted by Crippen LogP contribution is 2.18. The molecule has 0 heterocycles. The number of amides is 1. The van der Waals surface area contributed by atoms with Crippen molar-refractivity contribution in [1.82, 2.24) is 5.32 Å².